The second-order valence-electron chi connectivity index (χ2n) is 5.89. The second-order valence-corrected chi connectivity index (χ2v) is 5.89. The Labute approximate surface area is 106 Å². The van der Waals surface area contributed by atoms with E-state index in [9.17, 15) is 5.11 Å². The lowest BCUT2D eigenvalue weighted by Gasteiger charge is -2.36. The molecule has 0 bridgehead atoms. The number of aliphatic hydroxyl groups excluding tert-OH is 1. The zero-order chi connectivity index (χ0) is 13.1. The summed E-state index contributed by atoms with van der Waals surface area (Å²) in [5, 5.41) is 9.40. The molecule has 3 rings (SSSR count). The van der Waals surface area contributed by atoms with Crippen LogP contribution in [0, 0.1) is 0 Å². The molecular formula is C12H20O6. The smallest absolute Gasteiger partial charge is 0.190 e. The van der Waals surface area contributed by atoms with Crippen molar-refractivity contribution in [3.05, 3.63) is 0 Å². The van der Waals surface area contributed by atoms with Crippen LogP contribution < -0.4 is 0 Å². The molecule has 1 N–H and O–H groups in total. The Bertz CT molecular complexity index is 341. The third kappa shape index (κ3) is 1.97. The zero-order valence-electron chi connectivity index (χ0n) is 11.1. The van der Waals surface area contributed by atoms with Crippen molar-refractivity contribution in [1.82, 2.24) is 0 Å². The first kappa shape index (κ1) is 12.8. The van der Waals surface area contributed by atoms with Gasteiger partial charge in [0.05, 0.1) is 6.61 Å². The molecule has 0 aliphatic carbocycles. The number of hydrogen-bond donors (Lipinski definition) is 1. The van der Waals surface area contributed by atoms with Crippen molar-refractivity contribution in [3.63, 3.8) is 0 Å². The highest BCUT2D eigenvalue weighted by molar-refractivity contribution is 4.99. The average molecular weight is 260 g/mol. The molecule has 0 radical (unpaired) electrons. The second kappa shape index (κ2) is 3.88. The van der Waals surface area contributed by atoms with Crippen molar-refractivity contribution in [3.8, 4) is 0 Å². The summed E-state index contributed by atoms with van der Waals surface area (Å²) < 4.78 is 28.9. The number of ether oxygens (including phenoxy) is 5. The average Bonchev–Trinajstić information content (AvgIpc) is 2.71. The summed E-state index contributed by atoms with van der Waals surface area (Å²) in [4.78, 5) is 0. The van der Waals surface area contributed by atoms with Gasteiger partial charge < -0.3 is 28.8 Å². The molecule has 0 aromatic rings. The van der Waals surface area contributed by atoms with Crippen LogP contribution >= 0.6 is 0 Å². The van der Waals surface area contributed by atoms with E-state index in [4.69, 9.17) is 23.7 Å². The topological polar surface area (TPSA) is 66.4 Å². The van der Waals surface area contributed by atoms with E-state index in [0.29, 0.717) is 0 Å². The molecule has 104 valence electrons. The van der Waals surface area contributed by atoms with Gasteiger partial charge in [0.15, 0.2) is 17.9 Å². The van der Waals surface area contributed by atoms with Gasteiger partial charge >= 0.3 is 0 Å². The summed E-state index contributed by atoms with van der Waals surface area (Å²) in [6.45, 7) is 7.22. The highest BCUT2D eigenvalue weighted by Gasteiger charge is 2.60. The standard InChI is InChI=1S/C12H20O6/c1-11(2)15-7-6(5-13)14-10-9(8(7)16-11)17-12(3,4)18-10/h6-10,13H,5H2,1-4H3/t6-,7+,8+,9?,10?/m1/s1. The third-order valence-electron chi connectivity index (χ3n) is 3.43. The molecule has 0 spiro atoms. The van der Waals surface area contributed by atoms with Gasteiger partial charge in [-0.2, -0.15) is 0 Å². The van der Waals surface area contributed by atoms with Crippen LogP contribution in [0.2, 0.25) is 0 Å². The van der Waals surface area contributed by atoms with E-state index >= 15 is 0 Å². The Morgan fingerprint density at radius 1 is 0.833 bits per heavy atom. The van der Waals surface area contributed by atoms with E-state index in [1.807, 2.05) is 27.7 Å². The van der Waals surface area contributed by atoms with Gasteiger partial charge in [0, 0.05) is 0 Å². The Kier molecular flexibility index (Phi) is 2.75. The quantitative estimate of drug-likeness (QED) is 0.735. The van der Waals surface area contributed by atoms with Gasteiger partial charge in [-0.25, -0.2) is 0 Å². The Balaban J connectivity index is 1.86. The Morgan fingerprint density at radius 2 is 1.39 bits per heavy atom. The van der Waals surface area contributed by atoms with Crippen LogP contribution in [0.5, 0.6) is 0 Å². The Morgan fingerprint density at radius 3 is 2.06 bits per heavy atom. The lowest BCUT2D eigenvalue weighted by atomic mass is 9.99. The van der Waals surface area contributed by atoms with E-state index in [1.54, 1.807) is 0 Å². The largest absolute Gasteiger partial charge is 0.394 e. The molecule has 3 saturated heterocycles. The van der Waals surface area contributed by atoms with Crippen molar-refractivity contribution in [2.75, 3.05) is 6.61 Å². The Hall–Kier alpha value is -0.240. The maximum atomic E-state index is 9.40. The molecular weight excluding hydrogens is 240 g/mol. The number of fused-ring (bicyclic) bond motifs is 3. The lowest BCUT2D eigenvalue weighted by Crippen LogP contribution is -2.56. The molecule has 0 aromatic heterocycles. The zero-order valence-corrected chi connectivity index (χ0v) is 11.1. The minimum atomic E-state index is -0.708. The van der Waals surface area contributed by atoms with Crippen molar-refractivity contribution < 1.29 is 28.8 Å². The molecule has 3 heterocycles. The number of aliphatic hydroxyl groups is 1. The predicted octanol–water partition coefficient (Wildman–Crippen LogP) is 0.375. The molecule has 3 aliphatic heterocycles. The molecule has 3 fully saturated rings. The monoisotopic (exact) mass is 260 g/mol. The summed E-state index contributed by atoms with van der Waals surface area (Å²) in [5.74, 6) is -1.41. The molecule has 0 aromatic carbocycles. The van der Waals surface area contributed by atoms with Gasteiger partial charge in [-0.15, -0.1) is 0 Å². The first-order valence-electron chi connectivity index (χ1n) is 6.29. The van der Waals surface area contributed by atoms with Gasteiger partial charge in [0.2, 0.25) is 0 Å². The fraction of sp³-hybridized carbons (Fsp3) is 1.00. The SMILES string of the molecule is CC1(C)OC2O[C@H](CO)[C@@H]3OC(C)(C)O[C@@H]3C2O1. The first-order chi connectivity index (χ1) is 8.31. The normalized spacial score (nSPS) is 48.8. The maximum Gasteiger partial charge on any atom is 0.190 e. The molecule has 5 atom stereocenters. The summed E-state index contributed by atoms with van der Waals surface area (Å²) in [6.07, 6.45) is -1.90. The van der Waals surface area contributed by atoms with Gasteiger partial charge in [-0.1, -0.05) is 0 Å². The molecule has 0 saturated carbocycles. The molecule has 3 aliphatic rings. The summed E-state index contributed by atoms with van der Waals surface area (Å²) in [7, 11) is 0. The van der Waals surface area contributed by atoms with E-state index in [1.165, 1.54) is 0 Å². The van der Waals surface area contributed by atoms with Gasteiger partial charge in [-0.05, 0) is 27.7 Å². The highest BCUT2D eigenvalue weighted by Crippen LogP contribution is 2.43. The fourth-order valence-electron chi connectivity index (χ4n) is 2.84. The molecule has 2 unspecified atom stereocenters. The summed E-state index contributed by atoms with van der Waals surface area (Å²) >= 11 is 0. The molecule has 6 nitrogen and oxygen atoms in total. The van der Waals surface area contributed by atoms with Crippen molar-refractivity contribution in [2.24, 2.45) is 0 Å². The van der Waals surface area contributed by atoms with E-state index < -0.39 is 24.0 Å². The predicted molar refractivity (Wildman–Crippen MR) is 59.6 cm³/mol. The van der Waals surface area contributed by atoms with Crippen LogP contribution in [0.15, 0.2) is 0 Å². The van der Waals surface area contributed by atoms with E-state index in [-0.39, 0.29) is 24.9 Å². The van der Waals surface area contributed by atoms with Crippen LogP contribution in [0.1, 0.15) is 27.7 Å². The van der Waals surface area contributed by atoms with Crippen molar-refractivity contribution in [2.45, 2.75) is 70.0 Å². The maximum absolute atomic E-state index is 9.40. The van der Waals surface area contributed by atoms with E-state index in [0.717, 1.165) is 0 Å². The third-order valence-corrected chi connectivity index (χ3v) is 3.43. The van der Waals surface area contributed by atoms with Gasteiger partial charge in [-0.3, -0.25) is 0 Å². The molecule has 6 heteroatoms. The fourth-order valence-corrected chi connectivity index (χ4v) is 2.84. The highest BCUT2D eigenvalue weighted by atomic mass is 16.9. The number of rotatable bonds is 1. The van der Waals surface area contributed by atoms with Crippen LogP contribution in [-0.2, 0) is 23.7 Å². The molecule has 18 heavy (non-hydrogen) atoms. The van der Waals surface area contributed by atoms with Crippen LogP contribution in [0.25, 0.3) is 0 Å². The van der Waals surface area contributed by atoms with Crippen LogP contribution in [-0.4, -0.2) is 54.0 Å². The van der Waals surface area contributed by atoms with Crippen molar-refractivity contribution in [1.29, 1.82) is 0 Å². The van der Waals surface area contributed by atoms with Crippen LogP contribution in [0.4, 0.5) is 0 Å². The summed E-state index contributed by atoms with van der Waals surface area (Å²) in [5.41, 5.74) is 0. The van der Waals surface area contributed by atoms with E-state index in [2.05, 4.69) is 0 Å². The van der Waals surface area contributed by atoms with Crippen LogP contribution in [0.3, 0.4) is 0 Å². The summed E-state index contributed by atoms with van der Waals surface area (Å²) in [6, 6.07) is 0. The first-order valence-corrected chi connectivity index (χ1v) is 6.29. The minimum Gasteiger partial charge on any atom is -0.394 e. The minimum absolute atomic E-state index is 0.131. The van der Waals surface area contributed by atoms with Crippen molar-refractivity contribution >= 4 is 0 Å². The lowest BCUT2D eigenvalue weighted by molar-refractivity contribution is -0.240. The van der Waals surface area contributed by atoms with Gasteiger partial charge in [0.25, 0.3) is 0 Å². The van der Waals surface area contributed by atoms with Gasteiger partial charge in [0.1, 0.15) is 24.4 Å². The number of hydrogen-bond acceptors (Lipinski definition) is 6. The molecule has 0 amide bonds.